The number of esters is 1. The Labute approximate surface area is 126 Å². The third kappa shape index (κ3) is 6.02. The molecule has 0 saturated heterocycles. The maximum Gasteiger partial charge on any atom is 0.407 e. The van der Waals surface area contributed by atoms with Crippen LogP contribution >= 0.6 is 0 Å². The fraction of sp³-hybridized carbons (Fsp3) is 0.625. The number of alkyl carbamates (subject to hydrolysis) is 1. The molecule has 0 aliphatic heterocycles. The van der Waals surface area contributed by atoms with Crippen molar-refractivity contribution in [3.63, 3.8) is 0 Å². The third-order valence-corrected chi connectivity index (χ3v) is 3.59. The average Bonchev–Trinajstić information content (AvgIpc) is 2.49. The van der Waals surface area contributed by atoms with Gasteiger partial charge in [-0.25, -0.2) is 9.59 Å². The Balaban J connectivity index is 2.40. The van der Waals surface area contributed by atoms with Crippen molar-refractivity contribution in [2.24, 2.45) is 11.8 Å². The fourth-order valence-corrected chi connectivity index (χ4v) is 2.13. The van der Waals surface area contributed by atoms with E-state index in [1.54, 1.807) is 0 Å². The summed E-state index contributed by atoms with van der Waals surface area (Å²) in [4.78, 5) is 23.4. The van der Waals surface area contributed by atoms with Crippen LogP contribution in [0.15, 0.2) is 24.3 Å². The van der Waals surface area contributed by atoms with Gasteiger partial charge in [0.2, 0.25) is 0 Å². The monoisotopic (exact) mass is 295 g/mol. The second-order valence-corrected chi connectivity index (χ2v) is 5.25. The Kier molecular flexibility index (Phi) is 7.58. The fourth-order valence-electron chi connectivity index (χ4n) is 2.13. The van der Waals surface area contributed by atoms with E-state index < -0.39 is 18.1 Å². The van der Waals surface area contributed by atoms with Gasteiger partial charge >= 0.3 is 12.1 Å². The molecule has 1 aliphatic rings. The van der Waals surface area contributed by atoms with E-state index in [4.69, 9.17) is 9.47 Å². The van der Waals surface area contributed by atoms with E-state index in [1.807, 2.05) is 25.2 Å². The summed E-state index contributed by atoms with van der Waals surface area (Å²) < 4.78 is 9.91. The lowest BCUT2D eigenvalue weighted by Gasteiger charge is -2.21. The van der Waals surface area contributed by atoms with E-state index in [2.05, 4.69) is 18.3 Å². The van der Waals surface area contributed by atoms with Gasteiger partial charge in [-0.3, -0.25) is 0 Å². The molecule has 0 saturated carbocycles. The molecular weight excluding hydrogens is 270 g/mol. The first kappa shape index (κ1) is 17.3. The van der Waals surface area contributed by atoms with Gasteiger partial charge in [0.05, 0.1) is 13.7 Å². The number of carbonyl (C=O) groups is 2. The molecule has 118 valence electrons. The predicted octanol–water partition coefficient (Wildman–Crippen LogP) is 2.82. The van der Waals surface area contributed by atoms with Crippen molar-refractivity contribution in [1.82, 2.24) is 5.32 Å². The quantitative estimate of drug-likeness (QED) is 0.734. The first-order valence-corrected chi connectivity index (χ1v) is 7.44. The van der Waals surface area contributed by atoms with Gasteiger partial charge < -0.3 is 14.8 Å². The molecule has 0 aromatic rings. The van der Waals surface area contributed by atoms with Crippen LogP contribution in [0.3, 0.4) is 0 Å². The first-order valence-electron chi connectivity index (χ1n) is 7.44. The number of nitrogens with one attached hydrogen (secondary N) is 1. The highest BCUT2D eigenvalue weighted by Crippen LogP contribution is 2.19. The van der Waals surface area contributed by atoms with Crippen LogP contribution in [-0.2, 0) is 14.3 Å². The average molecular weight is 295 g/mol. The first-order chi connectivity index (χ1) is 10.1. The summed E-state index contributed by atoms with van der Waals surface area (Å²) in [6.07, 6.45) is 9.80. The van der Waals surface area contributed by atoms with Crippen molar-refractivity contribution in [3.05, 3.63) is 24.3 Å². The Bertz CT molecular complexity index is 403. The van der Waals surface area contributed by atoms with Gasteiger partial charge in [0, 0.05) is 5.92 Å². The van der Waals surface area contributed by atoms with Crippen LogP contribution in [0, 0.1) is 11.8 Å². The number of carbonyl (C=O) groups excluding carboxylic acids is 2. The number of hydrogen-bond acceptors (Lipinski definition) is 4. The summed E-state index contributed by atoms with van der Waals surface area (Å²) in [6.45, 7) is 4.40. The van der Waals surface area contributed by atoms with E-state index in [9.17, 15) is 9.59 Å². The van der Waals surface area contributed by atoms with Crippen molar-refractivity contribution < 1.29 is 19.1 Å². The largest absolute Gasteiger partial charge is 0.467 e. The van der Waals surface area contributed by atoms with Crippen molar-refractivity contribution in [2.75, 3.05) is 13.7 Å². The van der Waals surface area contributed by atoms with Crippen LogP contribution in [-0.4, -0.2) is 31.8 Å². The molecule has 1 rings (SSSR count). The van der Waals surface area contributed by atoms with Gasteiger partial charge in [-0.2, -0.15) is 0 Å². The van der Waals surface area contributed by atoms with Gasteiger partial charge in [-0.1, -0.05) is 51.0 Å². The number of ether oxygens (including phenoxy) is 2. The summed E-state index contributed by atoms with van der Waals surface area (Å²) in [5.74, 6) is 0.0709. The summed E-state index contributed by atoms with van der Waals surface area (Å²) >= 11 is 0. The number of hydrogen-bond donors (Lipinski definition) is 1. The van der Waals surface area contributed by atoms with E-state index >= 15 is 0 Å². The molecule has 0 heterocycles. The number of unbranched alkanes of at least 4 members (excludes halogenated alkanes) is 1. The highest BCUT2D eigenvalue weighted by molar-refractivity contribution is 5.81. The molecule has 5 nitrogen and oxygen atoms in total. The standard InChI is InChI=1S/C16H25NO4/c1-4-5-10-14(15(18)20-3)17-16(19)21-11-13-9-7-6-8-12(13)2/h6-9,12-14H,4-5,10-11H2,1-3H3,(H,17,19). The van der Waals surface area contributed by atoms with Crippen LogP contribution < -0.4 is 5.32 Å². The minimum atomic E-state index is -0.637. The summed E-state index contributed by atoms with van der Waals surface area (Å²) in [6, 6.07) is -0.637. The zero-order valence-electron chi connectivity index (χ0n) is 13.0. The molecule has 1 N–H and O–H groups in total. The number of allylic oxidation sites excluding steroid dienone is 3. The lowest BCUT2D eigenvalue weighted by Crippen LogP contribution is -2.42. The number of methoxy groups -OCH3 is 1. The van der Waals surface area contributed by atoms with Crippen LogP contribution in [0.5, 0.6) is 0 Å². The van der Waals surface area contributed by atoms with Crippen LogP contribution in [0.2, 0.25) is 0 Å². The molecule has 1 aliphatic carbocycles. The van der Waals surface area contributed by atoms with Crippen LogP contribution in [0.4, 0.5) is 4.79 Å². The molecule has 0 bridgehead atoms. The number of rotatable bonds is 7. The third-order valence-electron chi connectivity index (χ3n) is 3.59. The van der Waals surface area contributed by atoms with E-state index in [1.165, 1.54) is 7.11 Å². The molecule has 5 heteroatoms. The number of amides is 1. The van der Waals surface area contributed by atoms with Crippen molar-refractivity contribution in [1.29, 1.82) is 0 Å². The van der Waals surface area contributed by atoms with E-state index in [0.29, 0.717) is 18.9 Å². The Hall–Kier alpha value is -1.78. The zero-order chi connectivity index (χ0) is 15.7. The second-order valence-electron chi connectivity index (χ2n) is 5.25. The van der Waals surface area contributed by atoms with Gasteiger partial charge in [-0.05, 0) is 12.3 Å². The molecule has 0 fully saturated rings. The van der Waals surface area contributed by atoms with Crippen molar-refractivity contribution >= 4 is 12.1 Å². The van der Waals surface area contributed by atoms with Crippen LogP contribution in [0.1, 0.15) is 33.1 Å². The molecule has 3 unspecified atom stereocenters. The van der Waals surface area contributed by atoms with E-state index in [0.717, 1.165) is 12.8 Å². The highest BCUT2D eigenvalue weighted by Gasteiger charge is 2.22. The molecule has 21 heavy (non-hydrogen) atoms. The van der Waals surface area contributed by atoms with Crippen molar-refractivity contribution in [3.8, 4) is 0 Å². The summed E-state index contributed by atoms with van der Waals surface area (Å²) in [5.41, 5.74) is 0. The minimum absolute atomic E-state index is 0.174. The maximum atomic E-state index is 11.8. The molecule has 0 radical (unpaired) electrons. The molecule has 0 spiro atoms. The normalized spacial score (nSPS) is 21.7. The van der Waals surface area contributed by atoms with Gasteiger partial charge in [0.1, 0.15) is 6.04 Å². The van der Waals surface area contributed by atoms with E-state index in [-0.39, 0.29) is 5.92 Å². The van der Waals surface area contributed by atoms with Crippen molar-refractivity contribution in [2.45, 2.75) is 39.2 Å². The zero-order valence-corrected chi connectivity index (χ0v) is 13.0. The SMILES string of the molecule is CCCCC(NC(=O)OCC1C=CC=CC1C)C(=O)OC. The predicted molar refractivity (Wildman–Crippen MR) is 80.7 cm³/mol. The molecule has 0 aromatic carbocycles. The Morgan fingerprint density at radius 1 is 1.29 bits per heavy atom. The minimum Gasteiger partial charge on any atom is -0.467 e. The Morgan fingerprint density at radius 2 is 2.00 bits per heavy atom. The maximum absolute atomic E-state index is 11.8. The topological polar surface area (TPSA) is 64.6 Å². The molecular formula is C16H25NO4. The summed E-state index contributed by atoms with van der Waals surface area (Å²) in [5, 5.41) is 2.58. The summed E-state index contributed by atoms with van der Waals surface area (Å²) in [7, 11) is 1.31. The lowest BCUT2D eigenvalue weighted by molar-refractivity contribution is -0.143. The van der Waals surface area contributed by atoms with Gasteiger partial charge in [-0.15, -0.1) is 0 Å². The van der Waals surface area contributed by atoms with Gasteiger partial charge in [0.25, 0.3) is 0 Å². The Morgan fingerprint density at radius 3 is 2.62 bits per heavy atom. The molecule has 1 amide bonds. The molecule has 3 atom stereocenters. The lowest BCUT2D eigenvalue weighted by atomic mass is 9.91. The molecule has 0 aromatic heterocycles. The smallest absolute Gasteiger partial charge is 0.407 e. The van der Waals surface area contributed by atoms with Gasteiger partial charge in [0.15, 0.2) is 0 Å². The highest BCUT2D eigenvalue weighted by atomic mass is 16.6. The second kappa shape index (κ2) is 9.21. The van der Waals surface area contributed by atoms with Crippen LogP contribution in [0.25, 0.3) is 0 Å².